The van der Waals surface area contributed by atoms with E-state index >= 15 is 0 Å². The molecule has 0 bridgehead atoms. The summed E-state index contributed by atoms with van der Waals surface area (Å²) in [5.74, 6) is 0.400. The van der Waals surface area contributed by atoms with Crippen LogP contribution in [0.15, 0.2) is 29.6 Å². The van der Waals surface area contributed by atoms with Gasteiger partial charge in [0.25, 0.3) is 5.91 Å². The van der Waals surface area contributed by atoms with Gasteiger partial charge in [-0.15, -0.1) is 0 Å². The second kappa shape index (κ2) is 5.67. The molecule has 2 aromatic rings. The molecule has 1 amide bonds. The highest BCUT2D eigenvalue weighted by Gasteiger charge is 2.20. The first-order chi connectivity index (χ1) is 10.8. The van der Waals surface area contributed by atoms with Gasteiger partial charge in [-0.25, -0.2) is 18.4 Å². The Bertz CT molecular complexity index is 900. The minimum absolute atomic E-state index is 0.0596. The summed E-state index contributed by atoms with van der Waals surface area (Å²) >= 11 is 5.88. The van der Waals surface area contributed by atoms with Crippen LogP contribution in [0.4, 0.5) is 5.69 Å². The number of carbonyl (C=O) groups is 1. The average molecular weight is 356 g/mol. The molecule has 1 aliphatic heterocycles. The van der Waals surface area contributed by atoms with Gasteiger partial charge in [-0.05, 0) is 12.1 Å². The smallest absolute Gasteiger partial charge is 0.275 e. The molecular formula is C13H10ClN3O5S. The summed E-state index contributed by atoms with van der Waals surface area (Å²) in [5.41, 5.74) is 0.189. The number of halogens is 1. The minimum atomic E-state index is -3.65. The Labute approximate surface area is 136 Å². The topological polar surface area (TPSA) is 107 Å². The second-order valence-electron chi connectivity index (χ2n) is 4.64. The van der Waals surface area contributed by atoms with Crippen molar-refractivity contribution in [2.24, 2.45) is 0 Å². The largest absolute Gasteiger partial charge is 0.454 e. The van der Waals surface area contributed by atoms with Gasteiger partial charge in [0.1, 0.15) is 0 Å². The van der Waals surface area contributed by atoms with Gasteiger partial charge in [-0.1, -0.05) is 11.6 Å². The van der Waals surface area contributed by atoms with Crippen LogP contribution in [-0.2, 0) is 9.84 Å². The molecule has 3 rings (SSSR count). The number of amides is 1. The number of sulfone groups is 1. The van der Waals surface area contributed by atoms with E-state index in [0.717, 1.165) is 12.5 Å². The lowest BCUT2D eigenvalue weighted by atomic mass is 10.2. The number of hydrogen-bond acceptors (Lipinski definition) is 7. The van der Waals surface area contributed by atoms with E-state index in [4.69, 9.17) is 21.1 Å². The van der Waals surface area contributed by atoms with Crippen molar-refractivity contribution >= 4 is 33.0 Å². The van der Waals surface area contributed by atoms with E-state index < -0.39 is 20.9 Å². The SMILES string of the molecule is CS(=O)(=O)c1ncc(Cl)c(C(=O)Nc2ccc3c(c2)OCO3)n1. The number of fused-ring (bicyclic) bond motifs is 1. The number of benzene rings is 1. The van der Waals surface area contributed by atoms with Gasteiger partial charge in [0, 0.05) is 18.0 Å². The Hall–Kier alpha value is -2.39. The number of nitrogens with one attached hydrogen (secondary N) is 1. The van der Waals surface area contributed by atoms with Crippen LogP contribution in [0.5, 0.6) is 11.5 Å². The van der Waals surface area contributed by atoms with Crippen molar-refractivity contribution in [3.05, 3.63) is 35.1 Å². The van der Waals surface area contributed by atoms with Gasteiger partial charge in [0.2, 0.25) is 21.8 Å². The van der Waals surface area contributed by atoms with Crippen LogP contribution in [0, 0.1) is 0 Å². The van der Waals surface area contributed by atoms with Crippen molar-refractivity contribution in [1.29, 1.82) is 0 Å². The van der Waals surface area contributed by atoms with Crippen molar-refractivity contribution in [1.82, 2.24) is 9.97 Å². The maximum atomic E-state index is 12.3. The van der Waals surface area contributed by atoms with Crippen LogP contribution in [0.1, 0.15) is 10.5 Å². The summed E-state index contributed by atoms with van der Waals surface area (Å²) in [6.45, 7) is 0.113. The highest BCUT2D eigenvalue weighted by atomic mass is 35.5. The maximum absolute atomic E-state index is 12.3. The summed E-state index contributed by atoms with van der Waals surface area (Å²) in [6.07, 6.45) is 2.01. The van der Waals surface area contributed by atoms with E-state index in [-0.39, 0.29) is 17.5 Å². The Morgan fingerprint density at radius 3 is 2.78 bits per heavy atom. The molecule has 0 aliphatic carbocycles. The number of nitrogens with zero attached hydrogens (tertiary/aromatic N) is 2. The summed E-state index contributed by atoms with van der Waals surface area (Å²) in [6, 6.07) is 4.83. The number of hydrogen-bond donors (Lipinski definition) is 1. The molecule has 23 heavy (non-hydrogen) atoms. The number of anilines is 1. The Morgan fingerprint density at radius 1 is 1.30 bits per heavy atom. The lowest BCUT2D eigenvalue weighted by molar-refractivity contribution is 0.102. The lowest BCUT2D eigenvalue weighted by Gasteiger charge is -2.07. The van der Waals surface area contributed by atoms with E-state index in [9.17, 15) is 13.2 Å². The van der Waals surface area contributed by atoms with Crippen LogP contribution in [0.3, 0.4) is 0 Å². The van der Waals surface area contributed by atoms with Crippen molar-refractivity contribution in [2.75, 3.05) is 18.4 Å². The van der Waals surface area contributed by atoms with Gasteiger partial charge in [-0.3, -0.25) is 4.79 Å². The molecule has 8 nitrogen and oxygen atoms in total. The molecule has 1 N–H and O–H groups in total. The molecule has 1 aromatic heterocycles. The zero-order chi connectivity index (χ0) is 16.6. The fraction of sp³-hybridized carbons (Fsp3) is 0.154. The Morgan fingerprint density at radius 2 is 2.04 bits per heavy atom. The number of carbonyl (C=O) groups excluding carboxylic acids is 1. The van der Waals surface area contributed by atoms with Crippen LogP contribution in [0.25, 0.3) is 0 Å². The molecule has 0 atom stereocenters. The summed E-state index contributed by atoms with van der Waals surface area (Å²) < 4.78 is 33.3. The molecule has 2 heterocycles. The van der Waals surface area contributed by atoms with Gasteiger partial charge in [0.05, 0.1) is 11.2 Å². The first-order valence-electron chi connectivity index (χ1n) is 6.28. The van der Waals surface area contributed by atoms with Gasteiger partial charge >= 0.3 is 0 Å². The summed E-state index contributed by atoms with van der Waals surface area (Å²) in [7, 11) is -3.65. The van der Waals surface area contributed by atoms with E-state index in [1.54, 1.807) is 18.2 Å². The molecule has 0 radical (unpaired) electrons. The summed E-state index contributed by atoms with van der Waals surface area (Å²) in [4.78, 5) is 19.6. The zero-order valence-corrected chi connectivity index (χ0v) is 13.3. The maximum Gasteiger partial charge on any atom is 0.275 e. The second-order valence-corrected chi connectivity index (χ2v) is 6.96. The van der Waals surface area contributed by atoms with Crippen molar-refractivity contribution in [3.63, 3.8) is 0 Å². The first kappa shape index (κ1) is 15.5. The van der Waals surface area contributed by atoms with Gasteiger partial charge in [0.15, 0.2) is 17.2 Å². The normalized spacial score (nSPS) is 13.0. The number of aromatic nitrogens is 2. The van der Waals surface area contributed by atoms with Crippen LogP contribution < -0.4 is 14.8 Å². The molecule has 10 heteroatoms. The van der Waals surface area contributed by atoms with Crippen LogP contribution in [-0.4, -0.2) is 37.3 Å². The third-order valence-corrected chi connectivity index (χ3v) is 4.04. The first-order valence-corrected chi connectivity index (χ1v) is 8.55. The average Bonchev–Trinajstić information content (AvgIpc) is 2.93. The quantitative estimate of drug-likeness (QED) is 0.831. The van der Waals surface area contributed by atoms with Crippen LogP contribution >= 0.6 is 11.6 Å². The molecule has 0 fully saturated rings. The third kappa shape index (κ3) is 3.20. The highest BCUT2D eigenvalue weighted by Crippen LogP contribution is 2.34. The molecule has 0 saturated carbocycles. The van der Waals surface area contributed by atoms with Crippen LogP contribution in [0.2, 0.25) is 5.02 Å². The minimum Gasteiger partial charge on any atom is -0.454 e. The van der Waals surface area contributed by atoms with E-state index in [0.29, 0.717) is 17.2 Å². The number of rotatable bonds is 3. The summed E-state index contributed by atoms with van der Waals surface area (Å²) in [5, 5.41) is 2.03. The molecule has 120 valence electrons. The van der Waals surface area contributed by atoms with Crippen molar-refractivity contribution in [2.45, 2.75) is 5.16 Å². The standard InChI is InChI=1S/C13H10ClN3O5S/c1-23(19,20)13-15-5-8(14)11(17-13)12(18)16-7-2-3-9-10(4-7)22-6-21-9/h2-5H,6H2,1H3,(H,16,18). The predicted molar refractivity (Wildman–Crippen MR) is 80.7 cm³/mol. The third-order valence-electron chi connectivity index (χ3n) is 2.90. The molecule has 1 aliphatic rings. The van der Waals surface area contributed by atoms with Crippen molar-refractivity contribution < 1.29 is 22.7 Å². The highest BCUT2D eigenvalue weighted by molar-refractivity contribution is 7.90. The van der Waals surface area contributed by atoms with Crippen molar-refractivity contribution in [3.8, 4) is 11.5 Å². The lowest BCUT2D eigenvalue weighted by Crippen LogP contribution is -2.17. The molecule has 0 saturated heterocycles. The zero-order valence-electron chi connectivity index (χ0n) is 11.7. The Kier molecular flexibility index (Phi) is 3.82. The van der Waals surface area contributed by atoms with E-state index in [1.165, 1.54) is 0 Å². The van der Waals surface area contributed by atoms with E-state index in [1.807, 2.05) is 0 Å². The van der Waals surface area contributed by atoms with Gasteiger partial charge in [-0.2, -0.15) is 0 Å². The predicted octanol–water partition coefficient (Wildman–Crippen LogP) is 1.51. The molecular weight excluding hydrogens is 346 g/mol. The molecule has 0 unspecified atom stereocenters. The molecule has 0 spiro atoms. The fourth-order valence-corrected chi connectivity index (χ4v) is 2.53. The van der Waals surface area contributed by atoms with E-state index in [2.05, 4.69) is 15.3 Å². The fourth-order valence-electron chi connectivity index (χ4n) is 1.85. The van der Waals surface area contributed by atoms with Gasteiger partial charge < -0.3 is 14.8 Å². The Balaban J connectivity index is 1.89. The molecule has 1 aromatic carbocycles. The monoisotopic (exact) mass is 355 g/mol. The number of ether oxygens (including phenoxy) is 2.